The largest absolute Gasteiger partial charge is 0.390 e. The van der Waals surface area contributed by atoms with Crippen LogP contribution in [0.1, 0.15) is 39.0 Å². The van der Waals surface area contributed by atoms with E-state index in [1.807, 2.05) is 0 Å². The average molecular weight is 182 g/mol. The van der Waals surface area contributed by atoms with Crippen LogP contribution in [0.25, 0.3) is 0 Å². The van der Waals surface area contributed by atoms with E-state index in [1.165, 1.54) is 5.57 Å². The van der Waals surface area contributed by atoms with Gasteiger partial charge in [-0.15, -0.1) is 0 Å². The van der Waals surface area contributed by atoms with Gasteiger partial charge in [-0.25, -0.2) is 0 Å². The molecule has 2 heteroatoms. The number of fused-ring (bicyclic) bond motifs is 2. The lowest BCUT2D eigenvalue weighted by molar-refractivity contribution is -0.0130. The summed E-state index contributed by atoms with van der Waals surface area (Å²) in [5, 5.41) is 9.81. The Morgan fingerprint density at radius 1 is 1.54 bits per heavy atom. The van der Waals surface area contributed by atoms with E-state index in [4.69, 9.17) is 4.74 Å². The van der Waals surface area contributed by atoms with Gasteiger partial charge in [-0.1, -0.05) is 19.4 Å². The molecule has 1 N–H and O–H groups in total. The van der Waals surface area contributed by atoms with Gasteiger partial charge in [-0.2, -0.15) is 0 Å². The highest BCUT2D eigenvalue weighted by atomic mass is 16.5. The maximum atomic E-state index is 9.81. The summed E-state index contributed by atoms with van der Waals surface area (Å²) in [7, 11) is 0. The monoisotopic (exact) mass is 182 g/mol. The lowest BCUT2D eigenvalue weighted by atomic mass is 9.95. The van der Waals surface area contributed by atoms with E-state index < -0.39 is 0 Å². The van der Waals surface area contributed by atoms with E-state index in [0.29, 0.717) is 6.10 Å². The van der Waals surface area contributed by atoms with Gasteiger partial charge < -0.3 is 9.84 Å². The van der Waals surface area contributed by atoms with Crippen LogP contribution in [-0.4, -0.2) is 23.4 Å². The Balaban J connectivity index is 2.10. The molecular formula is C11H18O2. The summed E-state index contributed by atoms with van der Waals surface area (Å²) in [5.74, 6) is 0. The van der Waals surface area contributed by atoms with Crippen molar-refractivity contribution in [1.82, 2.24) is 0 Å². The van der Waals surface area contributed by atoms with E-state index in [0.717, 1.165) is 32.1 Å². The summed E-state index contributed by atoms with van der Waals surface area (Å²) in [5.41, 5.74) is 1.33. The normalized spacial score (nSPS) is 38.6. The second-order valence-corrected chi connectivity index (χ2v) is 4.08. The molecule has 13 heavy (non-hydrogen) atoms. The smallest absolute Gasteiger partial charge is 0.105 e. The molecule has 2 bridgehead atoms. The van der Waals surface area contributed by atoms with Crippen molar-refractivity contribution in [2.75, 3.05) is 0 Å². The predicted molar refractivity (Wildman–Crippen MR) is 51.5 cm³/mol. The fraction of sp³-hybridized carbons (Fsp3) is 0.818. The minimum atomic E-state index is -0.259. The van der Waals surface area contributed by atoms with Crippen LogP contribution >= 0.6 is 0 Å². The summed E-state index contributed by atoms with van der Waals surface area (Å²) >= 11 is 0. The van der Waals surface area contributed by atoms with Crippen LogP contribution < -0.4 is 0 Å². The topological polar surface area (TPSA) is 29.5 Å². The summed E-state index contributed by atoms with van der Waals surface area (Å²) in [6, 6.07) is 0. The van der Waals surface area contributed by atoms with E-state index in [9.17, 15) is 5.11 Å². The number of aliphatic hydroxyl groups is 1. The van der Waals surface area contributed by atoms with Crippen LogP contribution in [0.5, 0.6) is 0 Å². The van der Waals surface area contributed by atoms with Crippen molar-refractivity contribution >= 4 is 0 Å². The zero-order valence-corrected chi connectivity index (χ0v) is 8.20. The SMILES string of the molecule is CCCC1=CC2CCCC(O)C1O2. The molecule has 2 heterocycles. The molecule has 2 rings (SSSR count). The number of hydrogen-bond donors (Lipinski definition) is 1. The van der Waals surface area contributed by atoms with Crippen LogP contribution in [0.4, 0.5) is 0 Å². The van der Waals surface area contributed by atoms with E-state index in [-0.39, 0.29) is 12.2 Å². The van der Waals surface area contributed by atoms with Crippen molar-refractivity contribution in [3.8, 4) is 0 Å². The Morgan fingerprint density at radius 2 is 2.38 bits per heavy atom. The lowest BCUT2D eigenvalue weighted by Crippen LogP contribution is -2.27. The van der Waals surface area contributed by atoms with Crippen LogP contribution in [0.3, 0.4) is 0 Å². The van der Waals surface area contributed by atoms with Crippen molar-refractivity contribution < 1.29 is 9.84 Å². The highest BCUT2D eigenvalue weighted by Crippen LogP contribution is 2.33. The van der Waals surface area contributed by atoms with E-state index in [2.05, 4.69) is 13.0 Å². The molecule has 0 aromatic rings. The first-order valence-electron chi connectivity index (χ1n) is 5.35. The van der Waals surface area contributed by atoms with Crippen LogP contribution in [-0.2, 0) is 4.74 Å². The van der Waals surface area contributed by atoms with Gasteiger partial charge in [0.15, 0.2) is 0 Å². The summed E-state index contributed by atoms with van der Waals surface area (Å²) in [6.07, 6.45) is 7.60. The number of rotatable bonds is 2. The minimum absolute atomic E-state index is 0.0208. The molecule has 3 atom stereocenters. The third kappa shape index (κ3) is 1.79. The Hall–Kier alpha value is -0.340. The maximum Gasteiger partial charge on any atom is 0.105 e. The van der Waals surface area contributed by atoms with Crippen LogP contribution in [0, 0.1) is 0 Å². The molecule has 0 aliphatic carbocycles. The maximum absolute atomic E-state index is 9.81. The van der Waals surface area contributed by atoms with Gasteiger partial charge in [0.1, 0.15) is 6.10 Å². The molecule has 2 nitrogen and oxygen atoms in total. The molecule has 0 saturated carbocycles. The zero-order chi connectivity index (χ0) is 9.26. The van der Waals surface area contributed by atoms with Gasteiger partial charge in [0.25, 0.3) is 0 Å². The second kappa shape index (κ2) is 3.81. The number of aliphatic hydroxyl groups excluding tert-OH is 1. The third-order valence-corrected chi connectivity index (χ3v) is 2.96. The first-order chi connectivity index (χ1) is 6.31. The average Bonchev–Trinajstić information content (AvgIpc) is 2.39. The number of hydrogen-bond acceptors (Lipinski definition) is 2. The first-order valence-corrected chi connectivity index (χ1v) is 5.35. The van der Waals surface area contributed by atoms with Gasteiger partial charge in [0.2, 0.25) is 0 Å². The number of ether oxygens (including phenoxy) is 1. The molecular weight excluding hydrogens is 164 g/mol. The van der Waals surface area contributed by atoms with Gasteiger partial charge in [0, 0.05) is 0 Å². The molecule has 2 aliphatic heterocycles. The first kappa shape index (κ1) is 9.22. The standard InChI is InChI=1S/C11H18O2/c1-2-4-8-7-9-5-3-6-10(12)11(8)13-9/h7,9-12H,2-6H2,1H3. The molecule has 0 aromatic carbocycles. The molecule has 2 aliphatic rings. The molecule has 1 saturated heterocycles. The predicted octanol–water partition coefficient (Wildman–Crippen LogP) is 2.03. The van der Waals surface area contributed by atoms with Gasteiger partial charge in [-0.3, -0.25) is 0 Å². The molecule has 0 radical (unpaired) electrons. The van der Waals surface area contributed by atoms with Crippen molar-refractivity contribution in [3.63, 3.8) is 0 Å². The molecule has 1 fully saturated rings. The van der Waals surface area contributed by atoms with Crippen molar-refractivity contribution in [2.45, 2.75) is 57.3 Å². The van der Waals surface area contributed by atoms with Gasteiger partial charge >= 0.3 is 0 Å². The van der Waals surface area contributed by atoms with Gasteiger partial charge in [0.05, 0.1) is 12.2 Å². The molecule has 74 valence electrons. The van der Waals surface area contributed by atoms with Crippen LogP contribution in [0.2, 0.25) is 0 Å². The van der Waals surface area contributed by atoms with Crippen LogP contribution in [0.15, 0.2) is 11.6 Å². The summed E-state index contributed by atoms with van der Waals surface area (Å²) in [4.78, 5) is 0. The summed E-state index contributed by atoms with van der Waals surface area (Å²) in [6.45, 7) is 2.17. The van der Waals surface area contributed by atoms with E-state index >= 15 is 0 Å². The van der Waals surface area contributed by atoms with Crippen molar-refractivity contribution in [3.05, 3.63) is 11.6 Å². The lowest BCUT2D eigenvalue weighted by Gasteiger charge is -2.19. The Morgan fingerprint density at radius 3 is 3.15 bits per heavy atom. The Kier molecular flexibility index (Phi) is 2.70. The fourth-order valence-electron chi connectivity index (χ4n) is 2.33. The Labute approximate surface area is 79.6 Å². The minimum Gasteiger partial charge on any atom is -0.390 e. The molecule has 0 aromatic heterocycles. The summed E-state index contributed by atoms with van der Waals surface area (Å²) < 4.78 is 5.76. The molecule has 0 spiro atoms. The highest BCUT2D eigenvalue weighted by Gasteiger charge is 2.34. The fourth-order valence-corrected chi connectivity index (χ4v) is 2.33. The zero-order valence-electron chi connectivity index (χ0n) is 8.20. The Bertz CT molecular complexity index is 210. The van der Waals surface area contributed by atoms with Gasteiger partial charge in [-0.05, 0) is 31.3 Å². The third-order valence-electron chi connectivity index (χ3n) is 2.96. The quantitative estimate of drug-likeness (QED) is 0.662. The van der Waals surface area contributed by atoms with E-state index in [1.54, 1.807) is 0 Å². The second-order valence-electron chi connectivity index (χ2n) is 4.08. The molecule has 0 amide bonds. The molecule has 3 unspecified atom stereocenters. The highest BCUT2D eigenvalue weighted by molar-refractivity contribution is 5.19. The van der Waals surface area contributed by atoms with Crippen molar-refractivity contribution in [1.29, 1.82) is 0 Å². The van der Waals surface area contributed by atoms with Crippen molar-refractivity contribution in [2.24, 2.45) is 0 Å².